The Morgan fingerprint density at radius 3 is 2.79 bits per heavy atom. The summed E-state index contributed by atoms with van der Waals surface area (Å²) < 4.78 is 25.8. The molecule has 1 atom stereocenters. The van der Waals surface area contributed by atoms with Gasteiger partial charge in [-0.1, -0.05) is 17.7 Å². The number of benzene rings is 1. The Balaban J connectivity index is 0.00000180. The molecule has 1 aliphatic rings. The van der Waals surface area contributed by atoms with E-state index in [9.17, 15) is 18.7 Å². The van der Waals surface area contributed by atoms with Crippen LogP contribution in [-0.4, -0.2) is 29.5 Å². The van der Waals surface area contributed by atoms with Gasteiger partial charge >= 0.3 is 0 Å². The van der Waals surface area contributed by atoms with Gasteiger partial charge < -0.3 is 10.4 Å². The maximum Gasteiger partial charge on any atom is 0.262 e. The van der Waals surface area contributed by atoms with E-state index in [1.807, 2.05) is 0 Å². The molecule has 1 aromatic rings. The summed E-state index contributed by atoms with van der Waals surface area (Å²) in [6.45, 7) is -0.521. The Bertz CT molecular complexity index is 486. The number of hydrogen-bond acceptors (Lipinski definition) is 3. The molecule has 2 rings (SSSR count). The van der Waals surface area contributed by atoms with Gasteiger partial charge in [0.15, 0.2) is 5.75 Å². The number of phenols is 1. The molecule has 1 aromatic carbocycles. The maximum atomic E-state index is 12.9. The molecule has 1 unspecified atom stereocenters. The summed E-state index contributed by atoms with van der Waals surface area (Å²) in [4.78, 5) is 11.7. The van der Waals surface area contributed by atoms with Gasteiger partial charge in [0.05, 0.1) is 23.3 Å². The molecule has 3 N–H and O–H groups in total. The van der Waals surface area contributed by atoms with Gasteiger partial charge in [0.25, 0.3) is 5.92 Å². The second-order valence-corrected chi connectivity index (χ2v) is 4.53. The highest BCUT2D eigenvalue weighted by Gasteiger charge is 2.42. The van der Waals surface area contributed by atoms with Crippen molar-refractivity contribution in [2.75, 3.05) is 11.9 Å². The number of anilines is 1. The van der Waals surface area contributed by atoms with Crippen molar-refractivity contribution in [3.63, 3.8) is 0 Å². The molecule has 4 nitrogen and oxygen atoms in total. The van der Waals surface area contributed by atoms with Gasteiger partial charge in [-0.05, 0) is 12.1 Å². The topological polar surface area (TPSA) is 61.4 Å². The van der Waals surface area contributed by atoms with Gasteiger partial charge in [0, 0.05) is 6.42 Å². The summed E-state index contributed by atoms with van der Waals surface area (Å²) in [6.07, 6.45) is -0.555. The fourth-order valence-electron chi connectivity index (χ4n) is 1.74. The van der Waals surface area contributed by atoms with E-state index in [4.69, 9.17) is 11.6 Å². The predicted molar refractivity (Wildman–Crippen MR) is 70.3 cm³/mol. The van der Waals surface area contributed by atoms with E-state index in [1.165, 1.54) is 18.2 Å². The summed E-state index contributed by atoms with van der Waals surface area (Å²) in [5, 5.41) is 14.4. The zero-order valence-electron chi connectivity index (χ0n) is 9.62. The third kappa shape index (κ3) is 3.68. The second kappa shape index (κ2) is 5.90. The lowest BCUT2D eigenvalue weighted by Crippen LogP contribution is -2.35. The van der Waals surface area contributed by atoms with Crippen molar-refractivity contribution < 1.29 is 18.7 Å². The monoisotopic (exact) mass is 312 g/mol. The first-order chi connectivity index (χ1) is 8.39. The van der Waals surface area contributed by atoms with Crippen LogP contribution in [0.15, 0.2) is 18.2 Å². The molecular weight excluding hydrogens is 301 g/mol. The predicted octanol–water partition coefficient (Wildman–Crippen LogP) is 2.40. The Hall–Kier alpha value is -1.11. The smallest absolute Gasteiger partial charge is 0.262 e. The Morgan fingerprint density at radius 1 is 1.53 bits per heavy atom. The molecule has 1 aliphatic heterocycles. The van der Waals surface area contributed by atoms with Crippen LogP contribution in [0.2, 0.25) is 5.02 Å². The van der Waals surface area contributed by atoms with E-state index in [1.54, 1.807) is 0 Å². The number of alkyl halides is 2. The van der Waals surface area contributed by atoms with Crippen LogP contribution >= 0.6 is 24.0 Å². The molecule has 19 heavy (non-hydrogen) atoms. The van der Waals surface area contributed by atoms with Crippen molar-refractivity contribution in [1.82, 2.24) is 5.32 Å². The van der Waals surface area contributed by atoms with Crippen molar-refractivity contribution in [1.29, 1.82) is 0 Å². The molecule has 1 heterocycles. The van der Waals surface area contributed by atoms with Crippen molar-refractivity contribution in [2.45, 2.75) is 18.4 Å². The molecule has 1 fully saturated rings. The Kier molecular flexibility index (Phi) is 4.95. The molecule has 0 aliphatic carbocycles. The zero-order chi connectivity index (χ0) is 13.3. The van der Waals surface area contributed by atoms with Gasteiger partial charge in [0.1, 0.15) is 0 Å². The molecular formula is C11H12Cl2F2N2O2. The number of para-hydroxylation sites is 1. The SMILES string of the molecule is Cl.O=C(Nc1cccc(Cl)c1O)C1CC(F)(F)CN1. The molecule has 0 aromatic heterocycles. The van der Waals surface area contributed by atoms with E-state index in [0.29, 0.717) is 0 Å². The largest absolute Gasteiger partial charge is 0.504 e. The minimum atomic E-state index is -2.88. The number of carbonyl (C=O) groups is 1. The van der Waals surface area contributed by atoms with Crippen LogP contribution in [0, 0.1) is 0 Å². The summed E-state index contributed by atoms with van der Waals surface area (Å²) in [7, 11) is 0. The third-order valence-electron chi connectivity index (χ3n) is 2.67. The zero-order valence-corrected chi connectivity index (χ0v) is 11.2. The van der Waals surface area contributed by atoms with E-state index >= 15 is 0 Å². The van der Waals surface area contributed by atoms with Crippen LogP contribution in [0.1, 0.15) is 6.42 Å². The van der Waals surface area contributed by atoms with Gasteiger partial charge in [-0.25, -0.2) is 8.78 Å². The number of carbonyl (C=O) groups excluding carboxylic acids is 1. The molecule has 0 spiro atoms. The third-order valence-corrected chi connectivity index (χ3v) is 2.98. The van der Waals surface area contributed by atoms with E-state index in [0.717, 1.165) is 0 Å². The van der Waals surface area contributed by atoms with Gasteiger partial charge in [-0.15, -0.1) is 12.4 Å². The summed E-state index contributed by atoms with van der Waals surface area (Å²) in [5.74, 6) is -3.78. The first-order valence-corrected chi connectivity index (χ1v) is 5.66. The van der Waals surface area contributed by atoms with Crippen molar-refractivity contribution in [3.8, 4) is 5.75 Å². The highest BCUT2D eigenvalue weighted by atomic mass is 35.5. The lowest BCUT2D eigenvalue weighted by atomic mass is 10.2. The average molecular weight is 313 g/mol. The van der Waals surface area contributed by atoms with Crippen molar-refractivity contribution >= 4 is 35.6 Å². The van der Waals surface area contributed by atoms with Crippen molar-refractivity contribution in [3.05, 3.63) is 23.2 Å². The van der Waals surface area contributed by atoms with Gasteiger partial charge in [0.2, 0.25) is 5.91 Å². The lowest BCUT2D eigenvalue weighted by Gasteiger charge is -2.12. The number of amides is 1. The summed E-state index contributed by atoms with van der Waals surface area (Å²) in [6, 6.07) is 3.45. The molecule has 0 radical (unpaired) electrons. The summed E-state index contributed by atoms with van der Waals surface area (Å²) in [5.41, 5.74) is 0.101. The van der Waals surface area contributed by atoms with E-state index in [2.05, 4.69) is 10.6 Å². The van der Waals surface area contributed by atoms with Crippen LogP contribution in [0.25, 0.3) is 0 Å². The first kappa shape index (κ1) is 15.9. The molecule has 1 amide bonds. The fourth-order valence-corrected chi connectivity index (χ4v) is 1.91. The minimum Gasteiger partial charge on any atom is -0.504 e. The number of hydrogen-bond donors (Lipinski definition) is 3. The normalized spacial score (nSPS) is 20.7. The van der Waals surface area contributed by atoms with Crippen LogP contribution in [0.3, 0.4) is 0 Å². The standard InChI is InChI=1S/C11H11ClF2N2O2.ClH/c12-6-2-1-3-7(9(6)17)16-10(18)8-4-11(13,14)5-15-8;/h1-3,8,15,17H,4-5H2,(H,16,18);1H. The minimum absolute atomic E-state index is 0. The number of aromatic hydroxyl groups is 1. The molecule has 0 saturated carbocycles. The maximum absolute atomic E-state index is 12.9. The summed E-state index contributed by atoms with van der Waals surface area (Å²) >= 11 is 5.67. The van der Waals surface area contributed by atoms with E-state index in [-0.39, 0.29) is 28.9 Å². The van der Waals surface area contributed by atoms with Crippen LogP contribution in [-0.2, 0) is 4.79 Å². The second-order valence-electron chi connectivity index (χ2n) is 4.12. The van der Waals surface area contributed by atoms with Crippen LogP contribution in [0.5, 0.6) is 5.75 Å². The highest BCUT2D eigenvalue weighted by Crippen LogP contribution is 2.32. The average Bonchev–Trinajstić information content (AvgIpc) is 2.65. The fraction of sp³-hybridized carbons (Fsp3) is 0.364. The molecule has 0 bridgehead atoms. The van der Waals surface area contributed by atoms with Crippen LogP contribution < -0.4 is 10.6 Å². The highest BCUT2D eigenvalue weighted by molar-refractivity contribution is 6.32. The van der Waals surface area contributed by atoms with Crippen LogP contribution in [0.4, 0.5) is 14.5 Å². The van der Waals surface area contributed by atoms with Gasteiger partial charge in [-0.2, -0.15) is 0 Å². The van der Waals surface area contributed by atoms with Crippen molar-refractivity contribution in [2.24, 2.45) is 0 Å². The number of halogens is 4. The molecule has 1 saturated heterocycles. The molecule has 106 valence electrons. The Morgan fingerprint density at radius 2 is 2.21 bits per heavy atom. The first-order valence-electron chi connectivity index (χ1n) is 5.28. The number of phenolic OH excluding ortho intramolecular Hbond substituents is 1. The van der Waals surface area contributed by atoms with E-state index < -0.39 is 30.8 Å². The lowest BCUT2D eigenvalue weighted by molar-refractivity contribution is -0.118. The Labute approximate surface area is 119 Å². The number of rotatable bonds is 2. The molecule has 8 heteroatoms. The quantitative estimate of drug-likeness (QED) is 0.735. The van der Waals surface area contributed by atoms with Gasteiger partial charge in [-0.3, -0.25) is 10.1 Å². The number of nitrogens with one attached hydrogen (secondary N) is 2.